The molecule has 0 radical (unpaired) electrons. The summed E-state index contributed by atoms with van der Waals surface area (Å²) in [6, 6.07) is 8.36. The third kappa shape index (κ3) is 1.71. The first kappa shape index (κ1) is 10.5. The van der Waals surface area contributed by atoms with E-state index in [0.717, 1.165) is 18.6 Å². The SMILES string of the molecule is CC(Cl)C1(CC2Cc3ccccc3O2)CC1. The van der Waals surface area contributed by atoms with Crippen LogP contribution < -0.4 is 4.74 Å². The summed E-state index contributed by atoms with van der Waals surface area (Å²) in [4.78, 5) is 0. The van der Waals surface area contributed by atoms with Crippen LogP contribution in [0.1, 0.15) is 31.7 Å². The standard InChI is InChI=1S/C14H17ClO/c1-10(15)14(6-7-14)9-12-8-11-4-2-3-5-13(11)16-12/h2-5,10,12H,6-9H2,1H3. The Balaban J connectivity index is 1.69. The largest absolute Gasteiger partial charge is 0.490 e. The lowest BCUT2D eigenvalue weighted by Crippen LogP contribution is -2.23. The van der Waals surface area contributed by atoms with Gasteiger partial charge in [-0.1, -0.05) is 18.2 Å². The van der Waals surface area contributed by atoms with E-state index in [2.05, 4.69) is 25.1 Å². The Kier molecular flexibility index (Phi) is 2.39. The van der Waals surface area contributed by atoms with Gasteiger partial charge in [0.1, 0.15) is 11.9 Å². The third-order valence-electron chi connectivity index (χ3n) is 4.08. The lowest BCUT2D eigenvalue weighted by molar-refractivity contribution is 0.185. The van der Waals surface area contributed by atoms with Crippen LogP contribution in [-0.2, 0) is 6.42 Å². The van der Waals surface area contributed by atoms with Crippen LogP contribution in [0.2, 0.25) is 0 Å². The Morgan fingerprint density at radius 3 is 2.81 bits per heavy atom. The summed E-state index contributed by atoms with van der Waals surface area (Å²) in [7, 11) is 0. The van der Waals surface area contributed by atoms with Gasteiger partial charge >= 0.3 is 0 Å². The minimum Gasteiger partial charge on any atom is -0.490 e. The summed E-state index contributed by atoms with van der Waals surface area (Å²) in [5.41, 5.74) is 1.72. The van der Waals surface area contributed by atoms with Gasteiger partial charge in [-0.05, 0) is 43.2 Å². The van der Waals surface area contributed by atoms with Crippen molar-refractivity contribution in [3.05, 3.63) is 29.8 Å². The predicted molar refractivity (Wildman–Crippen MR) is 66.2 cm³/mol. The molecule has 1 aromatic rings. The average molecular weight is 237 g/mol. The molecule has 2 atom stereocenters. The fraction of sp³-hybridized carbons (Fsp3) is 0.571. The fourth-order valence-electron chi connectivity index (χ4n) is 2.75. The molecule has 2 heteroatoms. The van der Waals surface area contributed by atoms with Crippen molar-refractivity contribution >= 4 is 11.6 Å². The number of rotatable bonds is 3. The van der Waals surface area contributed by atoms with Crippen LogP contribution in [0.4, 0.5) is 0 Å². The molecule has 86 valence electrons. The third-order valence-corrected chi connectivity index (χ3v) is 4.55. The lowest BCUT2D eigenvalue weighted by atomic mass is 9.93. The Bertz CT molecular complexity index is 370. The van der Waals surface area contributed by atoms with Crippen molar-refractivity contribution < 1.29 is 4.74 Å². The van der Waals surface area contributed by atoms with Gasteiger partial charge < -0.3 is 4.74 Å². The lowest BCUT2D eigenvalue weighted by Gasteiger charge is -2.21. The second kappa shape index (κ2) is 3.66. The molecule has 0 bridgehead atoms. The molecular formula is C14H17ClO. The van der Waals surface area contributed by atoms with Gasteiger partial charge in [-0.2, -0.15) is 0 Å². The van der Waals surface area contributed by atoms with Gasteiger partial charge in [-0.15, -0.1) is 11.6 Å². The highest BCUT2D eigenvalue weighted by Crippen LogP contribution is 2.55. The van der Waals surface area contributed by atoms with Crippen LogP contribution >= 0.6 is 11.6 Å². The summed E-state index contributed by atoms with van der Waals surface area (Å²) < 4.78 is 5.97. The van der Waals surface area contributed by atoms with Gasteiger partial charge in [0, 0.05) is 11.8 Å². The summed E-state index contributed by atoms with van der Waals surface area (Å²) >= 11 is 6.27. The van der Waals surface area contributed by atoms with Gasteiger partial charge in [0.05, 0.1) is 0 Å². The molecule has 0 aromatic heterocycles. The van der Waals surface area contributed by atoms with Gasteiger partial charge in [0.2, 0.25) is 0 Å². The maximum atomic E-state index is 6.27. The second-order valence-electron chi connectivity index (χ2n) is 5.23. The molecule has 1 aromatic carbocycles. The number of hydrogen-bond acceptors (Lipinski definition) is 1. The van der Waals surface area contributed by atoms with Crippen molar-refractivity contribution in [3.63, 3.8) is 0 Å². The van der Waals surface area contributed by atoms with Crippen molar-refractivity contribution in [1.29, 1.82) is 0 Å². The average Bonchev–Trinajstić information content (AvgIpc) is 2.92. The van der Waals surface area contributed by atoms with E-state index in [-0.39, 0.29) is 5.38 Å². The molecular weight excluding hydrogens is 220 g/mol. The van der Waals surface area contributed by atoms with E-state index in [1.807, 2.05) is 6.07 Å². The molecule has 16 heavy (non-hydrogen) atoms. The highest BCUT2D eigenvalue weighted by Gasteiger charge is 2.49. The predicted octanol–water partition coefficient (Wildman–Crippen LogP) is 3.79. The molecule has 1 saturated carbocycles. The minimum atomic E-state index is 0.278. The maximum absolute atomic E-state index is 6.27. The van der Waals surface area contributed by atoms with Crippen molar-refractivity contribution in [1.82, 2.24) is 0 Å². The first-order valence-electron chi connectivity index (χ1n) is 6.08. The minimum absolute atomic E-state index is 0.278. The van der Waals surface area contributed by atoms with E-state index in [1.165, 1.54) is 18.4 Å². The first-order chi connectivity index (χ1) is 7.70. The molecule has 2 aliphatic rings. The Labute approximate surface area is 102 Å². The topological polar surface area (TPSA) is 9.23 Å². The molecule has 1 heterocycles. The van der Waals surface area contributed by atoms with Crippen molar-refractivity contribution in [3.8, 4) is 5.75 Å². The number of para-hydroxylation sites is 1. The Hall–Kier alpha value is -0.690. The van der Waals surface area contributed by atoms with Gasteiger partial charge in [0.15, 0.2) is 0 Å². The van der Waals surface area contributed by atoms with Crippen LogP contribution in [-0.4, -0.2) is 11.5 Å². The summed E-state index contributed by atoms with van der Waals surface area (Å²) in [5, 5.41) is 0.278. The van der Waals surface area contributed by atoms with Crippen LogP contribution in [0.15, 0.2) is 24.3 Å². The zero-order chi connectivity index (χ0) is 11.2. The molecule has 1 fully saturated rings. The highest BCUT2D eigenvalue weighted by molar-refractivity contribution is 6.21. The van der Waals surface area contributed by atoms with E-state index < -0.39 is 0 Å². The summed E-state index contributed by atoms with van der Waals surface area (Å²) in [6.45, 7) is 2.12. The molecule has 1 aliphatic carbocycles. The molecule has 1 nitrogen and oxygen atoms in total. The monoisotopic (exact) mass is 236 g/mol. The van der Waals surface area contributed by atoms with Crippen molar-refractivity contribution in [2.24, 2.45) is 5.41 Å². The first-order valence-corrected chi connectivity index (χ1v) is 6.52. The van der Waals surface area contributed by atoms with E-state index in [0.29, 0.717) is 11.5 Å². The van der Waals surface area contributed by atoms with Gasteiger partial charge in [-0.25, -0.2) is 0 Å². The molecule has 0 saturated heterocycles. The summed E-state index contributed by atoms with van der Waals surface area (Å²) in [5.74, 6) is 1.07. The van der Waals surface area contributed by atoms with Crippen LogP contribution in [0, 0.1) is 5.41 Å². The molecule has 2 unspecified atom stereocenters. The zero-order valence-electron chi connectivity index (χ0n) is 9.58. The van der Waals surface area contributed by atoms with Gasteiger partial charge in [-0.3, -0.25) is 0 Å². The van der Waals surface area contributed by atoms with E-state index in [9.17, 15) is 0 Å². The number of hydrogen-bond donors (Lipinski definition) is 0. The van der Waals surface area contributed by atoms with Crippen molar-refractivity contribution in [2.75, 3.05) is 0 Å². The molecule has 1 aliphatic heterocycles. The van der Waals surface area contributed by atoms with Crippen molar-refractivity contribution in [2.45, 2.75) is 44.1 Å². The number of ether oxygens (including phenoxy) is 1. The summed E-state index contributed by atoms with van der Waals surface area (Å²) in [6.07, 6.45) is 5.07. The van der Waals surface area contributed by atoms with Gasteiger partial charge in [0.25, 0.3) is 0 Å². The number of fused-ring (bicyclic) bond motifs is 1. The molecule has 0 amide bonds. The van der Waals surface area contributed by atoms with E-state index in [4.69, 9.17) is 16.3 Å². The highest BCUT2D eigenvalue weighted by atomic mass is 35.5. The van der Waals surface area contributed by atoms with Crippen LogP contribution in [0.25, 0.3) is 0 Å². The molecule has 0 N–H and O–H groups in total. The maximum Gasteiger partial charge on any atom is 0.123 e. The second-order valence-corrected chi connectivity index (χ2v) is 5.89. The smallest absolute Gasteiger partial charge is 0.123 e. The molecule has 0 spiro atoms. The molecule has 3 rings (SSSR count). The van der Waals surface area contributed by atoms with Crippen LogP contribution in [0.5, 0.6) is 5.75 Å². The van der Waals surface area contributed by atoms with E-state index >= 15 is 0 Å². The quantitative estimate of drug-likeness (QED) is 0.726. The fourth-order valence-corrected chi connectivity index (χ4v) is 3.05. The Morgan fingerprint density at radius 2 is 2.19 bits per heavy atom. The number of halogens is 1. The van der Waals surface area contributed by atoms with Crippen LogP contribution in [0.3, 0.4) is 0 Å². The number of alkyl halides is 1. The normalized spacial score (nSPS) is 27.0. The number of benzene rings is 1. The Morgan fingerprint density at radius 1 is 1.44 bits per heavy atom. The van der Waals surface area contributed by atoms with E-state index in [1.54, 1.807) is 0 Å². The zero-order valence-corrected chi connectivity index (χ0v) is 10.3.